The maximum Gasteiger partial charge on any atom is 0.549 e. The molecule has 1 aliphatic rings. The van der Waals surface area contributed by atoms with Crippen molar-refractivity contribution >= 4 is 34.6 Å². The van der Waals surface area contributed by atoms with Crippen LogP contribution in [0.25, 0.3) is 0 Å². The molecule has 1 rings (SSSR count). The van der Waals surface area contributed by atoms with Gasteiger partial charge in [-0.15, -0.1) is 0 Å². The molecule has 0 aromatic heterocycles. The average Bonchev–Trinajstić information content (AvgIpc) is 2.09. The third-order valence-corrected chi connectivity index (χ3v) is 18.5. The standard InChI is InChI=1S/C5H14O2Si3.O2Si/c1-9-5-3-2-4-7-8-10(9)6;1-3-2/h9H,2-5,8H2,1H3;. The summed E-state index contributed by atoms with van der Waals surface area (Å²) in [4.78, 5) is 0. The van der Waals surface area contributed by atoms with Gasteiger partial charge in [0.2, 0.25) is 9.28 Å². The highest BCUT2D eigenvalue weighted by molar-refractivity contribution is 7.37. The zero-order valence-electron chi connectivity index (χ0n) is 7.75. The summed E-state index contributed by atoms with van der Waals surface area (Å²) in [7, 11) is -3.88. The van der Waals surface area contributed by atoms with Crippen molar-refractivity contribution < 1.29 is 17.8 Å². The molecule has 4 nitrogen and oxygen atoms in total. The lowest BCUT2D eigenvalue weighted by atomic mass is 10.4. The molecule has 0 bridgehead atoms. The van der Waals surface area contributed by atoms with Gasteiger partial charge in [-0.25, -0.2) is 0 Å². The Hall–Kier alpha value is 0.228. The van der Waals surface area contributed by atoms with Crippen LogP contribution in [0.5, 0.6) is 0 Å². The molecule has 1 fully saturated rings. The summed E-state index contributed by atoms with van der Waals surface area (Å²) >= 11 is 0. The Morgan fingerprint density at radius 2 is 2.08 bits per heavy atom. The first-order valence-electron chi connectivity index (χ1n) is 4.32. The third kappa shape index (κ3) is 7.31. The van der Waals surface area contributed by atoms with E-state index in [1.807, 2.05) is 0 Å². The van der Waals surface area contributed by atoms with E-state index in [-0.39, 0.29) is 0 Å². The average molecular weight is 251 g/mol. The van der Waals surface area contributed by atoms with Crippen LogP contribution in [0, 0.1) is 0 Å². The minimum atomic E-state index is -1.42. The maximum atomic E-state index is 11.4. The number of hydrogen-bond acceptors (Lipinski definition) is 4. The molecule has 1 aliphatic heterocycles. The summed E-state index contributed by atoms with van der Waals surface area (Å²) in [6.07, 6.45) is 2.47. The van der Waals surface area contributed by atoms with Gasteiger partial charge in [-0.2, -0.15) is 0 Å². The van der Waals surface area contributed by atoms with Crippen molar-refractivity contribution in [1.29, 1.82) is 0 Å². The van der Waals surface area contributed by atoms with Crippen molar-refractivity contribution in [2.45, 2.75) is 25.4 Å². The molecule has 8 heteroatoms. The molecule has 0 aliphatic carbocycles. The van der Waals surface area contributed by atoms with Crippen LogP contribution in [0.3, 0.4) is 0 Å². The highest BCUT2D eigenvalue weighted by Gasteiger charge is 2.19. The zero-order chi connectivity index (χ0) is 10.1. The topological polar surface area (TPSA) is 60.4 Å². The molecule has 1 saturated heterocycles. The molecule has 0 aromatic rings. The molecule has 74 valence electrons. The van der Waals surface area contributed by atoms with Gasteiger partial charge >= 0.3 is 9.29 Å². The second-order valence-electron chi connectivity index (χ2n) is 3.00. The predicted molar refractivity (Wildman–Crippen MR) is 55.1 cm³/mol. The van der Waals surface area contributed by atoms with E-state index >= 15 is 0 Å². The van der Waals surface area contributed by atoms with Gasteiger partial charge in [0.15, 0.2) is 0 Å². The first kappa shape index (κ1) is 13.2. The van der Waals surface area contributed by atoms with Gasteiger partial charge < -0.3 is 8.89 Å². The molecule has 1 atom stereocenters. The fourth-order valence-electron chi connectivity index (χ4n) is 1.13. The molecule has 0 radical (unpaired) electrons. The normalized spacial score (nSPS) is 25.0. The minimum Gasteiger partial charge on any atom is -0.420 e. The van der Waals surface area contributed by atoms with Gasteiger partial charge in [0.25, 0.3) is 7.72 Å². The first-order valence-corrected chi connectivity index (χ1v) is 13.2. The zero-order valence-corrected chi connectivity index (χ0v) is 12.3. The Labute approximate surface area is 84.8 Å². The number of rotatable bonds is 0. The van der Waals surface area contributed by atoms with Crippen LogP contribution < -0.4 is 0 Å². The third-order valence-electron chi connectivity index (χ3n) is 1.97. The highest BCUT2D eigenvalue weighted by atomic mass is 29.6. The van der Waals surface area contributed by atoms with E-state index in [2.05, 4.69) is 6.55 Å². The van der Waals surface area contributed by atoms with Crippen molar-refractivity contribution in [3.63, 3.8) is 0 Å². The van der Waals surface area contributed by atoms with Crippen LogP contribution >= 0.6 is 0 Å². The Bertz CT molecular complexity index is 191. The van der Waals surface area contributed by atoms with Gasteiger partial charge in [-0.05, 0) is 6.42 Å². The maximum absolute atomic E-state index is 11.4. The fraction of sp³-hybridized carbons (Fsp3) is 1.00. The Kier molecular flexibility index (Phi) is 8.96. The predicted octanol–water partition coefficient (Wildman–Crippen LogP) is -0.884. The number of hydrogen-bond donors (Lipinski definition) is 0. The van der Waals surface area contributed by atoms with Crippen molar-refractivity contribution in [1.82, 2.24) is 0 Å². The van der Waals surface area contributed by atoms with Crippen LogP contribution in [0.4, 0.5) is 0 Å². The summed E-state index contributed by atoms with van der Waals surface area (Å²) in [6.45, 7) is 3.13. The lowest BCUT2D eigenvalue weighted by Gasteiger charge is -2.11. The summed E-state index contributed by atoms with van der Waals surface area (Å²) in [6, 6.07) is 1.30. The van der Waals surface area contributed by atoms with E-state index in [0.717, 1.165) is 6.61 Å². The highest BCUT2D eigenvalue weighted by Crippen LogP contribution is 2.04. The summed E-state index contributed by atoms with van der Waals surface area (Å²) in [5.41, 5.74) is 0. The lowest BCUT2D eigenvalue weighted by Crippen LogP contribution is -2.33. The van der Waals surface area contributed by atoms with Crippen LogP contribution in [0.15, 0.2) is 0 Å². The molecule has 13 heavy (non-hydrogen) atoms. The van der Waals surface area contributed by atoms with Crippen LogP contribution in [0.1, 0.15) is 12.8 Å². The molecule has 0 spiro atoms. The molecule has 0 N–H and O–H groups in total. The van der Waals surface area contributed by atoms with E-state index in [9.17, 15) is 4.46 Å². The SMILES string of the molecule is C[SiH]1CCCCO[SiH2][Si]1=O.O=[Si]=O. The molecule has 1 unspecified atom stereocenters. The largest absolute Gasteiger partial charge is 0.549 e. The van der Waals surface area contributed by atoms with Crippen molar-refractivity contribution in [3.8, 4) is 0 Å². The Morgan fingerprint density at radius 3 is 2.69 bits per heavy atom. The van der Waals surface area contributed by atoms with Gasteiger partial charge in [-0.1, -0.05) is 19.0 Å². The summed E-state index contributed by atoms with van der Waals surface area (Å²) in [5, 5.41) is 0. The molecule has 0 saturated carbocycles. The second kappa shape index (κ2) is 8.81. The van der Waals surface area contributed by atoms with Gasteiger partial charge in [0, 0.05) is 6.61 Å². The monoisotopic (exact) mass is 250 g/mol. The molecule has 1 heterocycles. The summed E-state index contributed by atoms with van der Waals surface area (Å²) < 4.78 is 33.5. The molecular weight excluding hydrogens is 236 g/mol. The van der Waals surface area contributed by atoms with Crippen molar-refractivity contribution in [2.24, 2.45) is 0 Å². The fourth-order valence-corrected chi connectivity index (χ4v) is 12.1. The van der Waals surface area contributed by atoms with E-state index in [4.69, 9.17) is 13.3 Å². The second-order valence-corrected chi connectivity index (χ2v) is 17.5. The van der Waals surface area contributed by atoms with Crippen molar-refractivity contribution in [3.05, 3.63) is 0 Å². The van der Waals surface area contributed by atoms with E-state index in [1.165, 1.54) is 18.9 Å². The van der Waals surface area contributed by atoms with Gasteiger partial charge in [0.05, 0.1) is 8.31 Å². The van der Waals surface area contributed by atoms with Crippen LogP contribution in [-0.4, -0.2) is 41.2 Å². The van der Waals surface area contributed by atoms with E-state index in [1.54, 1.807) is 0 Å². The van der Waals surface area contributed by atoms with Crippen LogP contribution in [-0.2, 0) is 17.8 Å². The van der Waals surface area contributed by atoms with Gasteiger partial charge in [-0.3, -0.25) is 8.92 Å². The van der Waals surface area contributed by atoms with Gasteiger partial charge in [0.1, 0.15) is 0 Å². The molecular formula is C5H14O4Si4. The molecule has 0 amide bonds. The quantitative estimate of drug-likeness (QED) is 0.524. The smallest absolute Gasteiger partial charge is 0.420 e. The minimum absolute atomic E-state index is 0.564. The Balaban J connectivity index is 0.000000424. The van der Waals surface area contributed by atoms with E-state index in [0.29, 0.717) is 0 Å². The first-order chi connectivity index (χ1) is 6.22. The van der Waals surface area contributed by atoms with Crippen LogP contribution in [0.2, 0.25) is 12.6 Å². The van der Waals surface area contributed by atoms with E-state index < -0.39 is 34.6 Å². The summed E-state index contributed by atoms with van der Waals surface area (Å²) in [5.74, 6) is 0. The van der Waals surface area contributed by atoms with Crippen molar-refractivity contribution in [2.75, 3.05) is 6.61 Å². The molecule has 0 aromatic carbocycles. The lowest BCUT2D eigenvalue weighted by molar-refractivity contribution is 0.332. The Morgan fingerprint density at radius 1 is 1.46 bits per heavy atom.